The Hall–Kier alpha value is -3.22. The smallest absolute Gasteiger partial charge is 0.405 e. The molecule has 0 spiro atoms. The molecule has 1 aromatic rings. The van der Waals surface area contributed by atoms with Crippen molar-refractivity contribution in [2.24, 2.45) is 0 Å². The number of carbonyl (C=O) groups is 3. The first-order chi connectivity index (χ1) is 11.1. The van der Waals surface area contributed by atoms with Crippen molar-refractivity contribution in [1.82, 2.24) is 14.9 Å². The standard InChI is InChI=1S/C11H12N4O8S/c16-7-2-1-5(3-8(7)17)13-24(22,23)14-10(19)15-4-6(9(15)18)12-11(20)21/h1-3,6,12-13,16-17H,4H2,(H,14,19)(H,20,21)/t6-/m0/s1. The quantitative estimate of drug-likeness (QED) is 0.223. The summed E-state index contributed by atoms with van der Waals surface area (Å²) in [4.78, 5) is 34.1. The van der Waals surface area contributed by atoms with E-state index in [0.29, 0.717) is 4.90 Å². The van der Waals surface area contributed by atoms with Gasteiger partial charge in [0.05, 0.1) is 12.2 Å². The van der Waals surface area contributed by atoms with Crippen LogP contribution in [0.5, 0.6) is 11.5 Å². The van der Waals surface area contributed by atoms with Crippen LogP contribution in [0.3, 0.4) is 0 Å². The van der Waals surface area contributed by atoms with Crippen molar-refractivity contribution in [3.8, 4) is 11.5 Å². The van der Waals surface area contributed by atoms with Crippen molar-refractivity contribution in [3.63, 3.8) is 0 Å². The second-order valence-electron chi connectivity index (χ2n) is 4.67. The van der Waals surface area contributed by atoms with Crippen LogP contribution in [0.2, 0.25) is 0 Å². The third-order valence-electron chi connectivity index (χ3n) is 2.92. The van der Waals surface area contributed by atoms with Crippen LogP contribution in [0, 0.1) is 0 Å². The summed E-state index contributed by atoms with van der Waals surface area (Å²) < 4.78 is 27.0. The Balaban J connectivity index is 1.97. The van der Waals surface area contributed by atoms with Crippen LogP contribution in [0.4, 0.5) is 15.3 Å². The van der Waals surface area contributed by atoms with Crippen LogP contribution in [-0.4, -0.2) is 59.3 Å². The molecule has 0 aromatic heterocycles. The molecule has 12 nitrogen and oxygen atoms in total. The highest BCUT2D eigenvalue weighted by atomic mass is 32.2. The number of benzene rings is 1. The zero-order chi connectivity index (χ0) is 18.1. The fourth-order valence-electron chi connectivity index (χ4n) is 1.80. The van der Waals surface area contributed by atoms with Gasteiger partial charge in [-0.2, -0.15) is 8.42 Å². The Morgan fingerprint density at radius 3 is 2.42 bits per heavy atom. The summed E-state index contributed by atoms with van der Waals surface area (Å²) in [7, 11) is -4.42. The molecule has 24 heavy (non-hydrogen) atoms. The van der Waals surface area contributed by atoms with E-state index < -0.39 is 45.8 Å². The van der Waals surface area contributed by atoms with Gasteiger partial charge in [0, 0.05) is 6.07 Å². The topological polar surface area (TPSA) is 185 Å². The molecule has 2 rings (SSSR count). The number of imide groups is 1. The van der Waals surface area contributed by atoms with Gasteiger partial charge in [0.2, 0.25) is 0 Å². The van der Waals surface area contributed by atoms with Crippen molar-refractivity contribution in [1.29, 1.82) is 0 Å². The van der Waals surface area contributed by atoms with Gasteiger partial charge < -0.3 is 20.6 Å². The van der Waals surface area contributed by atoms with Crippen LogP contribution in [0.1, 0.15) is 0 Å². The second-order valence-corrected chi connectivity index (χ2v) is 6.08. The minimum atomic E-state index is -4.42. The SMILES string of the molecule is O=C(O)N[C@H]1CN(C(=O)NS(=O)(=O)Nc2ccc(O)c(O)c2)C1=O. The van der Waals surface area contributed by atoms with E-state index in [4.69, 9.17) is 10.2 Å². The summed E-state index contributed by atoms with van der Waals surface area (Å²) >= 11 is 0. The summed E-state index contributed by atoms with van der Waals surface area (Å²) in [5.41, 5.74) is -0.147. The van der Waals surface area contributed by atoms with Gasteiger partial charge in [-0.25, -0.2) is 14.3 Å². The number of likely N-dealkylation sites (tertiary alicyclic amines) is 1. The molecular formula is C11H12N4O8S. The first kappa shape index (κ1) is 17.1. The van der Waals surface area contributed by atoms with Crippen molar-refractivity contribution < 1.29 is 38.1 Å². The first-order valence-electron chi connectivity index (χ1n) is 6.26. The number of hydrogen-bond acceptors (Lipinski definition) is 7. The number of β-lactam (4-membered cyclic amide) rings is 1. The Morgan fingerprint density at radius 1 is 1.21 bits per heavy atom. The number of nitrogens with zero attached hydrogens (tertiary/aromatic N) is 1. The number of carboxylic acid groups (broad SMARTS) is 1. The normalized spacial score (nSPS) is 16.9. The second kappa shape index (κ2) is 6.11. The predicted molar refractivity (Wildman–Crippen MR) is 77.5 cm³/mol. The minimum absolute atomic E-state index is 0.147. The molecule has 1 heterocycles. The average molecular weight is 360 g/mol. The van der Waals surface area contributed by atoms with Gasteiger partial charge in [0.15, 0.2) is 11.5 Å². The molecule has 4 amide bonds. The molecule has 0 aliphatic carbocycles. The van der Waals surface area contributed by atoms with Crippen molar-refractivity contribution in [2.75, 3.05) is 11.3 Å². The first-order valence-corrected chi connectivity index (χ1v) is 7.75. The van der Waals surface area contributed by atoms with E-state index in [0.717, 1.165) is 18.2 Å². The van der Waals surface area contributed by atoms with E-state index in [9.17, 15) is 27.9 Å². The maximum absolute atomic E-state index is 11.8. The molecular weight excluding hydrogens is 348 g/mol. The van der Waals surface area contributed by atoms with Crippen LogP contribution < -0.4 is 14.8 Å². The lowest BCUT2D eigenvalue weighted by Gasteiger charge is -2.35. The summed E-state index contributed by atoms with van der Waals surface area (Å²) in [6.07, 6.45) is -1.45. The van der Waals surface area contributed by atoms with Gasteiger partial charge in [-0.1, -0.05) is 0 Å². The van der Waals surface area contributed by atoms with E-state index in [1.807, 2.05) is 10.0 Å². The highest BCUT2D eigenvalue weighted by Crippen LogP contribution is 2.27. The molecule has 13 heteroatoms. The lowest BCUT2D eigenvalue weighted by Crippen LogP contribution is -2.67. The minimum Gasteiger partial charge on any atom is -0.504 e. The number of phenols is 2. The zero-order valence-corrected chi connectivity index (χ0v) is 12.6. The fourth-order valence-corrected chi connectivity index (χ4v) is 2.63. The average Bonchev–Trinajstić information content (AvgIpc) is 2.45. The van der Waals surface area contributed by atoms with E-state index in [1.165, 1.54) is 0 Å². The highest BCUT2D eigenvalue weighted by Gasteiger charge is 2.42. The van der Waals surface area contributed by atoms with Gasteiger partial charge in [-0.3, -0.25) is 14.4 Å². The maximum Gasteiger partial charge on any atom is 0.405 e. The van der Waals surface area contributed by atoms with Gasteiger partial charge in [0.1, 0.15) is 6.04 Å². The zero-order valence-electron chi connectivity index (χ0n) is 11.8. The molecule has 0 unspecified atom stereocenters. The summed E-state index contributed by atoms with van der Waals surface area (Å²) in [6.45, 7) is -0.313. The summed E-state index contributed by atoms with van der Waals surface area (Å²) in [5.74, 6) is -1.94. The lowest BCUT2D eigenvalue weighted by molar-refractivity contribution is -0.138. The Labute approximate surface area is 134 Å². The molecule has 1 aliphatic rings. The van der Waals surface area contributed by atoms with Crippen molar-refractivity contribution in [3.05, 3.63) is 18.2 Å². The number of amides is 4. The van der Waals surface area contributed by atoms with E-state index in [1.54, 1.807) is 4.72 Å². The fraction of sp³-hybridized carbons (Fsp3) is 0.182. The number of aromatic hydroxyl groups is 2. The summed E-state index contributed by atoms with van der Waals surface area (Å²) in [6, 6.07) is 0.675. The Kier molecular flexibility index (Phi) is 4.37. The molecule has 1 atom stereocenters. The van der Waals surface area contributed by atoms with Crippen LogP contribution in [0.15, 0.2) is 18.2 Å². The number of urea groups is 1. The van der Waals surface area contributed by atoms with Crippen LogP contribution in [0.25, 0.3) is 0 Å². The van der Waals surface area contributed by atoms with Crippen LogP contribution in [-0.2, 0) is 15.0 Å². The molecule has 130 valence electrons. The summed E-state index contributed by atoms with van der Waals surface area (Å²) in [5, 5.41) is 28.7. The Bertz CT molecular complexity index is 808. The number of nitrogens with one attached hydrogen (secondary N) is 3. The van der Waals surface area contributed by atoms with Crippen molar-refractivity contribution >= 4 is 33.9 Å². The van der Waals surface area contributed by atoms with E-state index in [-0.39, 0.29) is 12.2 Å². The van der Waals surface area contributed by atoms with Crippen molar-refractivity contribution in [2.45, 2.75) is 6.04 Å². The monoisotopic (exact) mass is 360 g/mol. The number of rotatable bonds is 4. The maximum atomic E-state index is 11.8. The largest absolute Gasteiger partial charge is 0.504 e. The number of carbonyl (C=O) groups excluding carboxylic acids is 2. The molecule has 0 radical (unpaired) electrons. The molecule has 1 aromatic carbocycles. The number of hydrogen-bond donors (Lipinski definition) is 6. The molecule has 1 saturated heterocycles. The molecule has 6 N–H and O–H groups in total. The lowest BCUT2D eigenvalue weighted by atomic mass is 10.1. The van der Waals surface area contributed by atoms with E-state index in [2.05, 4.69) is 0 Å². The third-order valence-corrected chi connectivity index (χ3v) is 3.87. The number of anilines is 1. The van der Waals surface area contributed by atoms with Gasteiger partial charge in [-0.15, -0.1) is 0 Å². The molecule has 1 fully saturated rings. The number of phenolic OH excluding ortho intramolecular Hbond substituents is 2. The molecule has 1 aliphatic heterocycles. The van der Waals surface area contributed by atoms with Crippen LogP contribution >= 0.6 is 0 Å². The Morgan fingerprint density at radius 2 is 1.88 bits per heavy atom. The van der Waals surface area contributed by atoms with E-state index >= 15 is 0 Å². The van der Waals surface area contributed by atoms with Gasteiger partial charge >= 0.3 is 22.3 Å². The van der Waals surface area contributed by atoms with Gasteiger partial charge in [-0.05, 0) is 12.1 Å². The predicted octanol–water partition coefficient (Wildman–Crippen LogP) is -1.06. The molecule has 0 saturated carbocycles. The van der Waals surface area contributed by atoms with Gasteiger partial charge in [0.25, 0.3) is 5.91 Å². The highest BCUT2D eigenvalue weighted by molar-refractivity contribution is 7.91. The third kappa shape index (κ3) is 3.75. The molecule has 0 bridgehead atoms.